The van der Waals surface area contributed by atoms with E-state index in [4.69, 9.17) is 5.73 Å². The molecule has 4 nitrogen and oxygen atoms in total. The number of nitrogen functional groups attached to an aromatic ring is 1. The lowest BCUT2D eigenvalue weighted by Crippen LogP contribution is -2.16. The molecule has 1 amide bonds. The molecular formula is C14H16BrN3OS. The van der Waals surface area contributed by atoms with E-state index in [1.165, 1.54) is 0 Å². The second kappa shape index (κ2) is 6.37. The van der Waals surface area contributed by atoms with E-state index in [0.717, 1.165) is 27.2 Å². The van der Waals surface area contributed by atoms with E-state index in [1.54, 1.807) is 17.4 Å². The predicted octanol–water partition coefficient (Wildman–Crippen LogP) is 3.54. The zero-order valence-electron chi connectivity index (χ0n) is 11.4. The summed E-state index contributed by atoms with van der Waals surface area (Å²) in [6.07, 6.45) is 1.16. The van der Waals surface area contributed by atoms with Crippen molar-refractivity contribution in [1.29, 1.82) is 0 Å². The number of hydrogen-bond donors (Lipinski definition) is 2. The van der Waals surface area contributed by atoms with Crippen molar-refractivity contribution in [2.24, 2.45) is 0 Å². The number of aryl methyl sites for hydroxylation is 2. The van der Waals surface area contributed by atoms with Crippen molar-refractivity contribution in [3.8, 4) is 0 Å². The van der Waals surface area contributed by atoms with E-state index < -0.39 is 0 Å². The smallest absolute Gasteiger partial charge is 0.230 e. The second-order valence-corrected chi connectivity index (χ2v) is 6.35. The van der Waals surface area contributed by atoms with Crippen molar-refractivity contribution >= 4 is 44.5 Å². The molecule has 0 fully saturated rings. The number of carbonyl (C=O) groups excluding carboxylic acids is 1. The zero-order chi connectivity index (χ0) is 14.7. The summed E-state index contributed by atoms with van der Waals surface area (Å²) in [5, 5.41) is 5.81. The SMILES string of the molecule is CCc1nc(CC(=O)Nc2cc(Br)cc(C)c2N)cs1. The summed E-state index contributed by atoms with van der Waals surface area (Å²) >= 11 is 4.98. The van der Waals surface area contributed by atoms with Crippen LogP contribution in [0.2, 0.25) is 0 Å². The van der Waals surface area contributed by atoms with Crippen molar-refractivity contribution < 1.29 is 4.79 Å². The third-order valence-corrected chi connectivity index (χ3v) is 4.37. The molecule has 0 saturated heterocycles. The van der Waals surface area contributed by atoms with Gasteiger partial charge in [-0.05, 0) is 31.0 Å². The molecule has 3 N–H and O–H groups in total. The Bertz CT molecular complexity index is 639. The van der Waals surface area contributed by atoms with Crippen LogP contribution in [0.1, 0.15) is 23.2 Å². The minimum atomic E-state index is -0.109. The molecule has 6 heteroatoms. The summed E-state index contributed by atoms with van der Waals surface area (Å²) in [5.74, 6) is -0.109. The number of aromatic nitrogens is 1. The quantitative estimate of drug-likeness (QED) is 0.826. The lowest BCUT2D eigenvalue weighted by atomic mass is 10.1. The van der Waals surface area contributed by atoms with Gasteiger partial charge >= 0.3 is 0 Å². The Hall–Kier alpha value is -1.40. The minimum Gasteiger partial charge on any atom is -0.397 e. The standard InChI is InChI=1S/C14H16BrN3OS/c1-3-13-17-10(7-20-13)6-12(19)18-11-5-9(15)4-8(2)14(11)16/h4-5,7H,3,6,16H2,1-2H3,(H,18,19). The summed E-state index contributed by atoms with van der Waals surface area (Å²) in [6.45, 7) is 3.96. The molecule has 1 aromatic heterocycles. The first-order chi connectivity index (χ1) is 9.49. The van der Waals surface area contributed by atoms with E-state index in [1.807, 2.05) is 25.3 Å². The fraction of sp³-hybridized carbons (Fsp3) is 0.286. The van der Waals surface area contributed by atoms with Crippen molar-refractivity contribution in [1.82, 2.24) is 4.98 Å². The molecule has 0 radical (unpaired) electrons. The van der Waals surface area contributed by atoms with Crippen molar-refractivity contribution in [2.75, 3.05) is 11.1 Å². The third kappa shape index (κ3) is 3.58. The van der Waals surface area contributed by atoms with Gasteiger partial charge < -0.3 is 11.1 Å². The van der Waals surface area contributed by atoms with Gasteiger partial charge in [0.25, 0.3) is 0 Å². The maximum absolute atomic E-state index is 12.0. The summed E-state index contributed by atoms with van der Waals surface area (Å²) in [4.78, 5) is 16.4. The molecule has 106 valence electrons. The molecule has 0 bridgehead atoms. The monoisotopic (exact) mass is 353 g/mol. The maximum atomic E-state index is 12.0. The second-order valence-electron chi connectivity index (χ2n) is 4.50. The highest BCUT2D eigenvalue weighted by molar-refractivity contribution is 9.10. The number of nitrogens with zero attached hydrogens (tertiary/aromatic N) is 1. The Labute approximate surface area is 130 Å². The molecule has 20 heavy (non-hydrogen) atoms. The zero-order valence-corrected chi connectivity index (χ0v) is 13.8. The minimum absolute atomic E-state index is 0.109. The van der Waals surface area contributed by atoms with Crippen LogP contribution < -0.4 is 11.1 Å². The molecule has 0 unspecified atom stereocenters. The first-order valence-corrected chi connectivity index (χ1v) is 7.95. The van der Waals surface area contributed by atoms with Crippen molar-refractivity contribution in [2.45, 2.75) is 26.7 Å². The van der Waals surface area contributed by atoms with Crippen LogP contribution in [0.3, 0.4) is 0 Å². The van der Waals surface area contributed by atoms with Gasteiger partial charge in [-0.25, -0.2) is 4.98 Å². The number of rotatable bonds is 4. The summed E-state index contributed by atoms with van der Waals surface area (Å²) in [6, 6.07) is 3.72. The largest absolute Gasteiger partial charge is 0.397 e. The third-order valence-electron chi connectivity index (χ3n) is 2.87. The Morgan fingerprint density at radius 3 is 2.90 bits per heavy atom. The van der Waals surface area contributed by atoms with Crippen molar-refractivity contribution in [3.63, 3.8) is 0 Å². The summed E-state index contributed by atoms with van der Waals surface area (Å²) < 4.78 is 0.890. The van der Waals surface area contributed by atoms with Crippen LogP contribution in [-0.4, -0.2) is 10.9 Å². The fourth-order valence-electron chi connectivity index (χ4n) is 1.81. The highest BCUT2D eigenvalue weighted by Crippen LogP contribution is 2.27. The van der Waals surface area contributed by atoms with Crippen LogP contribution in [0.5, 0.6) is 0 Å². The van der Waals surface area contributed by atoms with E-state index in [0.29, 0.717) is 11.4 Å². The molecule has 0 aliphatic carbocycles. The van der Waals surface area contributed by atoms with Gasteiger partial charge in [0.05, 0.1) is 28.5 Å². The predicted molar refractivity (Wildman–Crippen MR) is 87.1 cm³/mol. The number of amides is 1. The van der Waals surface area contributed by atoms with Crippen LogP contribution in [0.25, 0.3) is 0 Å². The average Bonchev–Trinajstić information content (AvgIpc) is 2.82. The lowest BCUT2D eigenvalue weighted by molar-refractivity contribution is -0.115. The summed E-state index contributed by atoms with van der Waals surface area (Å²) in [5.41, 5.74) is 8.92. The Balaban J connectivity index is 2.08. The highest BCUT2D eigenvalue weighted by Gasteiger charge is 2.11. The van der Waals surface area contributed by atoms with E-state index in [9.17, 15) is 4.79 Å². The van der Waals surface area contributed by atoms with Gasteiger partial charge in [-0.2, -0.15) is 0 Å². The number of nitrogens with two attached hydrogens (primary N) is 1. The molecule has 0 atom stereocenters. The van der Waals surface area contributed by atoms with Gasteiger partial charge in [-0.1, -0.05) is 22.9 Å². The van der Waals surface area contributed by atoms with E-state index in [-0.39, 0.29) is 12.3 Å². The molecule has 0 aliphatic heterocycles. The molecular weight excluding hydrogens is 338 g/mol. The van der Waals surface area contributed by atoms with Crippen LogP contribution in [0.15, 0.2) is 22.0 Å². The molecule has 0 saturated carbocycles. The van der Waals surface area contributed by atoms with Crippen molar-refractivity contribution in [3.05, 3.63) is 38.3 Å². The first kappa shape index (κ1) is 15.0. The average molecular weight is 354 g/mol. The fourth-order valence-corrected chi connectivity index (χ4v) is 3.13. The van der Waals surface area contributed by atoms with Crippen LogP contribution in [-0.2, 0) is 17.6 Å². The van der Waals surface area contributed by atoms with Crippen LogP contribution in [0, 0.1) is 6.92 Å². The van der Waals surface area contributed by atoms with Crippen LogP contribution in [0.4, 0.5) is 11.4 Å². The number of nitrogens with one attached hydrogen (secondary N) is 1. The van der Waals surface area contributed by atoms with Gasteiger partial charge in [0, 0.05) is 9.85 Å². The van der Waals surface area contributed by atoms with Gasteiger partial charge in [0.1, 0.15) is 0 Å². The molecule has 1 aromatic carbocycles. The number of thiazole rings is 1. The topological polar surface area (TPSA) is 68.0 Å². The number of benzene rings is 1. The number of carbonyl (C=O) groups is 1. The molecule has 0 spiro atoms. The summed E-state index contributed by atoms with van der Waals surface area (Å²) in [7, 11) is 0. The van der Waals surface area contributed by atoms with Crippen LogP contribution >= 0.6 is 27.3 Å². The Kier molecular flexibility index (Phi) is 4.77. The van der Waals surface area contributed by atoms with Gasteiger partial charge in [-0.15, -0.1) is 11.3 Å². The maximum Gasteiger partial charge on any atom is 0.230 e. The normalized spacial score (nSPS) is 10.6. The van der Waals surface area contributed by atoms with E-state index in [2.05, 4.69) is 26.2 Å². The molecule has 1 heterocycles. The molecule has 2 aromatic rings. The van der Waals surface area contributed by atoms with E-state index >= 15 is 0 Å². The molecule has 2 rings (SSSR count). The van der Waals surface area contributed by atoms with Gasteiger partial charge in [0.2, 0.25) is 5.91 Å². The first-order valence-electron chi connectivity index (χ1n) is 6.28. The number of halogens is 1. The van der Waals surface area contributed by atoms with Gasteiger partial charge in [-0.3, -0.25) is 4.79 Å². The highest BCUT2D eigenvalue weighted by atomic mass is 79.9. The Morgan fingerprint density at radius 1 is 1.50 bits per heavy atom. The Morgan fingerprint density at radius 2 is 2.25 bits per heavy atom. The van der Waals surface area contributed by atoms with Gasteiger partial charge in [0.15, 0.2) is 0 Å². The number of anilines is 2. The lowest BCUT2D eigenvalue weighted by Gasteiger charge is -2.10. The number of hydrogen-bond acceptors (Lipinski definition) is 4. The molecule has 0 aliphatic rings.